The van der Waals surface area contributed by atoms with Crippen LogP contribution in [0.1, 0.15) is 0 Å². The number of nitrogens with zero attached hydrogens (tertiary/aromatic N) is 2. The summed E-state index contributed by atoms with van der Waals surface area (Å²) < 4.78 is 23.6. The Balaban J connectivity index is 2.01. The summed E-state index contributed by atoms with van der Waals surface area (Å²) in [7, 11) is 1.40. The molecular formula is C15H12FN3O2. The van der Waals surface area contributed by atoms with Gasteiger partial charge in [-0.1, -0.05) is 17.3 Å². The van der Waals surface area contributed by atoms with Crippen LogP contribution in [0.2, 0.25) is 0 Å². The third-order valence-corrected chi connectivity index (χ3v) is 3.03. The van der Waals surface area contributed by atoms with E-state index in [1.165, 1.54) is 19.2 Å². The highest BCUT2D eigenvalue weighted by atomic mass is 19.1. The van der Waals surface area contributed by atoms with Crippen LogP contribution >= 0.6 is 0 Å². The van der Waals surface area contributed by atoms with Crippen molar-refractivity contribution in [2.75, 3.05) is 12.8 Å². The molecule has 0 saturated carbocycles. The summed E-state index contributed by atoms with van der Waals surface area (Å²) in [6.45, 7) is 0. The number of ether oxygens (including phenoxy) is 1. The van der Waals surface area contributed by atoms with Gasteiger partial charge in [-0.2, -0.15) is 4.98 Å². The van der Waals surface area contributed by atoms with Crippen molar-refractivity contribution in [3.8, 4) is 28.6 Å². The van der Waals surface area contributed by atoms with Gasteiger partial charge in [0.05, 0.1) is 12.7 Å². The van der Waals surface area contributed by atoms with E-state index in [0.29, 0.717) is 28.5 Å². The third kappa shape index (κ3) is 2.43. The maximum atomic E-state index is 13.4. The third-order valence-electron chi connectivity index (χ3n) is 3.03. The Kier molecular flexibility index (Phi) is 3.27. The highest BCUT2D eigenvalue weighted by Crippen LogP contribution is 2.28. The molecule has 21 heavy (non-hydrogen) atoms. The summed E-state index contributed by atoms with van der Waals surface area (Å²) in [5.41, 5.74) is 7.67. The normalized spacial score (nSPS) is 10.6. The van der Waals surface area contributed by atoms with E-state index in [0.717, 1.165) is 0 Å². The van der Waals surface area contributed by atoms with Gasteiger partial charge in [-0.25, -0.2) is 4.39 Å². The van der Waals surface area contributed by atoms with Crippen molar-refractivity contribution in [2.24, 2.45) is 0 Å². The van der Waals surface area contributed by atoms with E-state index in [2.05, 4.69) is 10.1 Å². The largest absolute Gasteiger partial charge is 0.494 e. The molecule has 0 spiro atoms. The molecule has 106 valence electrons. The molecule has 5 nitrogen and oxygen atoms in total. The van der Waals surface area contributed by atoms with Gasteiger partial charge in [0.25, 0.3) is 5.89 Å². The highest BCUT2D eigenvalue weighted by molar-refractivity contribution is 5.71. The molecule has 0 amide bonds. The van der Waals surface area contributed by atoms with E-state index in [1.807, 2.05) is 12.1 Å². The molecule has 0 fully saturated rings. The zero-order valence-electron chi connectivity index (χ0n) is 11.2. The molecule has 3 rings (SSSR count). The lowest BCUT2D eigenvalue weighted by atomic mass is 10.1. The molecule has 2 N–H and O–H groups in total. The summed E-state index contributed by atoms with van der Waals surface area (Å²) in [6, 6.07) is 11.6. The molecular weight excluding hydrogens is 273 g/mol. The second-order valence-corrected chi connectivity index (χ2v) is 4.36. The van der Waals surface area contributed by atoms with Crippen molar-refractivity contribution in [3.63, 3.8) is 0 Å². The van der Waals surface area contributed by atoms with E-state index < -0.39 is 5.82 Å². The zero-order valence-corrected chi connectivity index (χ0v) is 11.2. The van der Waals surface area contributed by atoms with Crippen LogP contribution in [0.5, 0.6) is 5.75 Å². The summed E-state index contributed by atoms with van der Waals surface area (Å²) in [4.78, 5) is 4.28. The van der Waals surface area contributed by atoms with E-state index in [4.69, 9.17) is 15.0 Å². The average molecular weight is 285 g/mol. The van der Waals surface area contributed by atoms with Crippen molar-refractivity contribution < 1.29 is 13.7 Å². The quantitative estimate of drug-likeness (QED) is 0.748. The molecule has 0 aliphatic rings. The molecule has 0 bridgehead atoms. The predicted molar refractivity (Wildman–Crippen MR) is 76.1 cm³/mol. The van der Waals surface area contributed by atoms with Gasteiger partial charge in [0, 0.05) is 11.3 Å². The first kappa shape index (κ1) is 13.1. The number of para-hydroxylation sites is 1. The lowest BCUT2D eigenvalue weighted by Crippen LogP contribution is -1.90. The van der Waals surface area contributed by atoms with Gasteiger partial charge in [0.15, 0.2) is 11.6 Å². The Morgan fingerprint density at radius 2 is 2.00 bits per heavy atom. The SMILES string of the molecule is COc1cc(-c2noc(-c3ccccc3N)n2)ccc1F. The van der Waals surface area contributed by atoms with Crippen molar-refractivity contribution in [3.05, 3.63) is 48.3 Å². The number of nitrogens with two attached hydrogens (primary N) is 1. The van der Waals surface area contributed by atoms with Gasteiger partial charge >= 0.3 is 0 Å². The fourth-order valence-electron chi connectivity index (χ4n) is 1.94. The lowest BCUT2D eigenvalue weighted by Gasteiger charge is -2.02. The van der Waals surface area contributed by atoms with Gasteiger partial charge in [-0.3, -0.25) is 0 Å². The maximum absolute atomic E-state index is 13.4. The minimum Gasteiger partial charge on any atom is -0.494 e. The summed E-state index contributed by atoms with van der Waals surface area (Å²) >= 11 is 0. The summed E-state index contributed by atoms with van der Waals surface area (Å²) in [5.74, 6) is 0.327. The molecule has 1 heterocycles. The molecule has 0 radical (unpaired) electrons. The van der Waals surface area contributed by atoms with Crippen LogP contribution in [0, 0.1) is 5.82 Å². The minimum atomic E-state index is -0.447. The predicted octanol–water partition coefficient (Wildman–Crippen LogP) is 3.13. The lowest BCUT2D eigenvalue weighted by molar-refractivity contribution is 0.386. The molecule has 0 saturated heterocycles. The fraction of sp³-hybridized carbons (Fsp3) is 0.0667. The van der Waals surface area contributed by atoms with Crippen molar-refractivity contribution in [2.45, 2.75) is 0 Å². The number of aromatic nitrogens is 2. The number of rotatable bonds is 3. The minimum absolute atomic E-state index is 0.123. The van der Waals surface area contributed by atoms with E-state index in [-0.39, 0.29) is 5.75 Å². The van der Waals surface area contributed by atoms with Gasteiger partial charge in [-0.15, -0.1) is 0 Å². The highest BCUT2D eigenvalue weighted by Gasteiger charge is 2.14. The topological polar surface area (TPSA) is 74.2 Å². The van der Waals surface area contributed by atoms with Crippen LogP contribution in [0.15, 0.2) is 47.0 Å². The van der Waals surface area contributed by atoms with Crippen LogP contribution in [0.25, 0.3) is 22.8 Å². The summed E-state index contributed by atoms with van der Waals surface area (Å²) in [6.07, 6.45) is 0. The number of benzene rings is 2. The number of hydrogen-bond donors (Lipinski definition) is 1. The zero-order chi connectivity index (χ0) is 14.8. The number of hydrogen-bond acceptors (Lipinski definition) is 5. The number of methoxy groups -OCH3 is 1. The molecule has 2 aromatic carbocycles. The second kappa shape index (κ2) is 5.24. The van der Waals surface area contributed by atoms with Crippen LogP contribution in [0.3, 0.4) is 0 Å². The maximum Gasteiger partial charge on any atom is 0.260 e. The monoisotopic (exact) mass is 285 g/mol. The van der Waals surface area contributed by atoms with Gasteiger partial charge in [-0.05, 0) is 30.3 Å². The molecule has 1 aromatic heterocycles. The van der Waals surface area contributed by atoms with E-state index in [9.17, 15) is 4.39 Å². The summed E-state index contributed by atoms with van der Waals surface area (Å²) in [5, 5.41) is 3.89. The smallest absolute Gasteiger partial charge is 0.260 e. The van der Waals surface area contributed by atoms with Crippen LogP contribution in [0.4, 0.5) is 10.1 Å². The Labute approximate surface area is 120 Å². The first-order chi connectivity index (χ1) is 10.2. The van der Waals surface area contributed by atoms with Crippen molar-refractivity contribution in [1.82, 2.24) is 10.1 Å². The van der Waals surface area contributed by atoms with Crippen molar-refractivity contribution in [1.29, 1.82) is 0 Å². The molecule has 6 heteroatoms. The van der Waals surface area contributed by atoms with E-state index >= 15 is 0 Å². The molecule has 0 aliphatic heterocycles. The number of halogens is 1. The van der Waals surface area contributed by atoms with Crippen molar-refractivity contribution >= 4 is 5.69 Å². The number of nitrogen functional groups attached to an aromatic ring is 1. The second-order valence-electron chi connectivity index (χ2n) is 4.36. The van der Waals surface area contributed by atoms with Crippen LogP contribution in [-0.4, -0.2) is 17.3 Å². The molecule has 0 aliphatic carbocycles. The molecule has 0 atom stereocenters. The first-order valence-electron chi connectivity index (χ1n) is 6.21. The Morgan fingerprint density at radius 3 is 2.76 bits per heavy atom. The number of anilines is 1. The Hall–Kier alpha value is -2.89. The standard InChI is InChI=1S/C15H12FN3O2/c1-20-13-8-9(6-7-11(13)16)14-18-15(21-19-14)10-4-2-3-5-12(10)17/h2-8H,17H2,1H3. The first-order valence-corrected chi connectivity index (χ1v) is 6.21. The van der Waals surface area contributed by atoms with Crippen LogP contribution in [-0.2, 0) is 0 Å². The van der Waals surface area contributed by atoms with E-state index in [1.54, 1.807) is 18.2 Å². The van der Waals surface area contributed by atoms with Crippen LogP contribution < -0.4 is 10.5 Å². The Bertz CT molecular complexity index is 786. The van der Waals surface area contributed by atoms with Gasteiger partial charge in [0.2, 0.25) is 5.82 Å². The average Bonchev–Trinajstić information content (AvgIpc) is 2.98. The molecule has 0 unspecified atom stereocenters. The van der Waals surface area contributed by atoms with Gasteiger partial charge in [0.1, 0.15) is 0 Å². The fourth-order valence-corrected chi connectivity index (χ4v) is 1.94. The van der Waals surface area contributed by atoms with Gasteiger partial charge < -0.3 is 15.0 Å². The Morgan fingerprint density at radius 1 is 1.19 bits per heavy atom. The molecule has 3 aromatic rings.